The van der Waals surface area contributed by atoms with E-state index in [9.17, 15) is 13.7 Å². The van der Waals surface area contributed by atoms with Crippen LogP contribution in [0, 0.1) is 23.2 Å². The average Bonchev–Trinajstić information content (AvgIpc) is 2.74. The number of fused-ring (bicyclic) bond motifs is 1. The molecule has 1 aliphatic heterocycles. The van der Waals surface area contributed by atoms with E-state index < -0.39 is 10.0 Å². The summed E-state index contributed by atoms with van der Waals surface area (Å²) in [5.74, 6) is 0.434. The van der Waals surface area contributed by atoms with Crippen molar-refractivity contribution in [2.45, 2.75) is 43.0 Å². The van der Waals surface area contributed by atoms with Crippen LogP contribution in [-0.2, 0) is 16.4 Å². The topological polar surface area (TPSA) is 73.2 Å². The van der Waals surface area contributed by atoms with Crippen LogP contribution >= 0.6 is 0 Å². The first-order valence-electron chi connectivity index (χ1n) is 10.4. The molecule has 0 spiro atoms. The molecule has 1 aliphatic carbocycles. The van der Waals surface area contributed by atoms with Gasteiger partial charge < -0.3 is 4.90 Å². The standard InChI is InChI=1S/C23H27N3O2S/c24-15-19-9-4-5-10-20(19)16-26-17-21(14-18-8-6-7-13-23(18)26)25-29(27,28)22-11-2-1-3-12-22/h1-3,6-8,11-13,19-21,25H,4-5,9-10,14,16-17H2/t19?,20?,21-/m0/s1. The maximum atomic E-state index is 12.8. The number of benzene rings is 2. The van der Waals surface area contributed by atoms with Gasteiger partial charge in [0.1, 0.15) is 0 Å². The van der Waals surface area contributed by atoms with Gasteiger partial charge in [-0.2, -0.15) is 5.26 Å². The zero-order chi connectivity index (χ0) is 20.3. The van der Waals surface area contributed by atoms with Crippen LogP contribution in [0.2, 0.25) is 0 Å². The van der Waals surface area contributed by atoms with Gasteiger partial charge in [0.25, 0.3) is 0 Å². The van der Waals surface area contributed by atoms with Gasteiger partial charge in [-0.15, -0.1) is 0 Å². The monoisotopic (exact) mass is 409 g/mol. The molecule has 0 saturated heterocycles. The van der Waals surface area contributed by atoms with Gasteiger partial charge in [0.15, 0.2) is 0 Å². The second kappa shape index (κ2) is 8.56. The van der Waals surface area contributed by atoms with Gasteiger partial charge in [0.2, 0.25) is 10.0 Å². The Morgan fingerprint density at radius 3 is 2.55 bits per heavy atom. The normalized spacial score (nSPS) is 24.5. The molecular weight excluding hydrogens is 382 g/mol. The van der Waals surface area contributed by atoms with E-state index in [1.807, 2.05) is 18.2 Å². The summed E-state index contributed by atoms with van der Waals surface area (Å²) in [6, 6.07) is 19.1. The first-order chi connectivity index (χ1) is 14.1. The van der Waals surface area contributed by atoms with Gasteiger partial charge in [0, 0.05) is 24.8 Å². The third-order valence-corrected chi connectivity index (χ3v) is 7.68. The minimum absolute atomic E-state index is 0.0947. The molecule has 1 N–H and O–H groups in total. The summed E-state index contributed by atoms with van der Waals surface area (Å²) in [4.78, 5) is 2.58. The molecule has 4 rings (SSSR count). The summed E-state index contributed by atoms with van der Waals surface area (Å²) in [5, 5.41) is 9.56. The molecule has 0 aromatic heterocycles. The smallest absolute Gasteiger partial charge is 0.240 e. The maximum Gasteiger partial charge on any atom is 0.240 e. The van der Waals surface area contributed by atoms with E-state index in [4.69, 9.17) is 0 Å². The fourth-order valence-corrected chi connectivity index (χ4v) is 5.95. The van der Waals surface area contributed by atoms with E-state index in [1.54, 1.807) is 24.3 Å². The highest BCUT2D eigenvalue weighted by Crippen LogP contribution is 2.34. The predicted molar refractivity (Wildman–Crippen MR) is 114 cm³/mol. The number of sulfonamides is 1. The Hall–Kier alpha value is -2.36. The van der Waals surface area contributed by atoms with E-state index in [-0.39, 0.29) is 12.0 Å². The SMILES string of the molecule is N#CC1CCCCC1CN1C[C@@H](NS(=O)(=O)c2ccccc2)Cc2ccccc21. The average molecular weight is 410 g/mol. The largest absolute Gasteiger partial charge is 0.369 e. The zero-order valence-electron chi connectivity index (χ0n) is 16.5. The second-order valence-electron chi connectivity index (χ2n) is 8.15. The fraction of sp³-hybridized carbons (Fsp3) is 0.435. The van der Waals surface area contributed by atoms with Gasteiger partial charge in [-0.05, 0) is 48.9 Å². The fourth-order valence-electron chi connectivity index (χ4n) is 4.70. The number of hydrogen-bond acceptors (Lipinski definition) is 4. The molecule has 5 nitrogen and oxygen atoms in total. The number of nitriles is 1. The van der Waals surface area contributed by atoms with E-state index in [0.717, 1.165) is 31.4 Å². The van der Waals surface area contributed by atoms with Gasteiger partial charge in [0.05, 0.1) is 16.9 Å². The molecule has 152 valence electrons. The zero-order valence-corrected chi connectivity index (χ0v) is 17.3. The minimum atomic E-state index is -3.56. The van der Waals surface area contributed by atoms with E-state index in [1.165, 1.54) is 12.1 Å². The molecule has 2 aromatic rings. The molecule has 2 aromatic carbocycles. The van der Waals surface area contributed by atoms with Crippen LogP contribution in [0.15, 0.2) is 59.5 Å². The summed E-state index contributed by atoms with van der Waals surface area (Å²) >= 11 is 0. The van der Waals surface area contributed by atoms with Crippen molar-refractivity contribution in [1.82, 2.24) is 4.72 Å². The lowest BCUT2D eigenvalue weighted by Gasteiger charge is -2.40. The highest BCUT2D eigenvalue weighted by Gasteiger charge is 2.32. The van der Waals surface area contributed by atoms with Crippen LogP contribution in [-0.4, -0.2) is 27.5 Å². The minimum Gasteiger partial charge on any atom is -0.369 e. The van der Waals surface area contributed by atoms with Gasteiger partial charge in [-0.1, -0.05) is 49.2 Å². The molecule has 0 radical (unpaired) electrons. The number of hydrogen-bond donors (Lipinski definition) is 1. The molecule has 6 heteroatoms. The van der Waals surface area contributed by atoms with Crippen molar-refractivity contribution < 1.29 is 8.42 Å². The van der Waals surface area contributed by atoms with Crippen molar-refractivity contribution in [3.63, 3.8) is 0 Å². The highest BCUT2D eigenvalue weighted by atomic mass is 32.2. The van der Waals surface area contributed by atoms with Crippen LogP contribution in [0.1, 0.15) is 31.2 Å². The molecule has 3 atom stereocenters. The molecule has 1 heterocycles. The summed E-state index contributed by atoms with van der Waals surface area (Å²) in [7, 11) is -3.56. The molecule has 0 amide bonds. The lowest BCUT2D eigenvalue weighted by Crippen LogP contribution is -2.50. The number of nitrogens with zero attached hydrogens (tertiary/aromatic N) is 2. The van der Waals surface area contributed by atoms with E-state index >= 15 is 0 Å². The van der Waals surface area contributed by atoms with Crippen LogP contribution in [0.25, 0.3) is 0 Å². The number of anilines is 1. The molecule has 2 aliphatic rings. The van der Waals surface area contributed by atoms with Crippen LogP contribution < -0.4 is 9.62 Å². The molecule has 29 heavy (non-hydrogen) atoms. The summed E-state index contributed by atoms with van der Waals surface area (Å²) in [6.07, 6.45) is 5.01. The predicted octanol–water partition coefficient (Wildman–Crippen LogP) is 3.73. The van der Waals surface area contributed by atoms with Crippen LogP contribution in [0.4, 0.5) is 5.69 Å². The number of nitrogens with one attached hydrogen (secondary N) is 1. The molecule has 1 fully saturated rings. The molecule has 1 saturated carbocycles. The summed E-state index contributed by atoms with van der Waals surface area (Å²) in [5.41, 5.74) is 2.33. The number of para-hydroxylation sites is 1. The Kier molecular flexibility index (Phi) is 5.89. The maximum absolute atomic E-state index is 12.8. The van der Waals surface area contributed by atoms with Crippen molar-refractivity contribution in [2.24, 2.45) is 11.8 Å². The third-order valence-electron chi connectivity index (χ3n) is 6.14. The summed E-state index contributed by atoms with van der Waals surface area (Å²) < 4.78 is 28.6. The Balaban J connectivity index is 1.55. The van der Waals surface area contributed by atoms with Gasteiger partial charge in [-0.3, -0.25) is 0 Å². The van der Waals surface area contributed by atoms with Crippen molar-refractivity contribution in [2.75, 3.05) is 18.0 Å². The van der Waals surface area contributed by atoms with Gasteiger partial charge >= 0.3 is 0 Å². The Labute approximate surface area is 173 Å². The first kappa shape index (κ1) is 19.9. The Bertz CT molecular complexity index is 985. The molecule has 0 bridgehead atoms. The van der Waals surface area contributed by atoms with Crippen molar-refractivity contribution in [1.29, 1.82) is 5.26 Å². The van der Waals surface area contributed by atoms with Gasteiger partial charge in [-0.25, -0.2) is 13.1 Å². The van der Waals surface area contributed by atoms with Crippen LogP contribution in [0.3, 0.4) is 0 Å². The molecular formula is C23H27N3O2S. The second-order valence-corrected chi connectivity index (χ2v) is 9.86. The summed E-state index contributed by atoms with van der Waals surface area (Å²) in [6.45, 7) is 1.43. The van der Waals surface area contributed by atoms with E-state index in [2.05, 4.69) is 27.8 Å². The van der Waals surface area contributed by atoms with Crippen molar-refractivity contribution in [3.8, 4) is 6.07 Å². The Morgan fingerprint density at radius 2 is 1.76 bits per heavy atom. The number of rotatable bonds is 5. The first-order valence-corrected chi connectivity index (χ1v) is 11.8. The van der Waals surface area contributed by atoms with Crippen LogP contribution in [0.5, 0.6) is 0 Å². The van der Waals surface area contributed by atoms with Crippen molar-refractivity contribution >= 4 is 15.7 Å². The quantitative estimate of drug-likeness (QED) is 0.817. The Morgan fingerprint density at radius 1 is 1.03 bits per heavy atom. The molecule has 2 unspecified atom stereocenters. The highest BCUT2D eigenvalue weighted by molar-refractivity contribution is 7.89. The van der Waals surface area contributed by atoms with Crippen molar-refractivity contribution in [3.05, 3.63) is 60.2 Å². The van der Waals surface area contributed by atoms with E-state index in [0.29, 0.717) is 23.8 Å². The third kappa shape index (κ3) is 4.47. The lowest BCUT2D eigenvalue weighted by atomic mass is 9.79. The lowest BCUT2D eigenvalue weighted by molar-refractivity contribution is 0.289.